The number of hydrogen-bond acceptors (Lipinski definition) is 8. The van der Waals surface area contributed by atoms with Gasteiger partial charge in [0, 0.05) is 29.3 Å². The van der Waals surface area contributed by atoms with Gasteiger partial charge in [-0.3, -0.25) is 4.79 Å². The molecule has 1 heterocycles. The Morgan fingerprint density at radius 2 is 1.32 bits per heavy atom. The van der Waals surface area contributed by atoms with Gasteiger partial charge in [-0.25, -0.2) is 0 Å². The zero-order chi connectivity index (χ0) is 26.8. The van der Waals surface area contributed by atoms with Crippen molar-refractivity contribution in [2.75, 3.05) is 46.2 Å². The van der Waals surface area contributed by atoms with E-state index in [-0.39, 0.29) is 11.7 Å². The summed E-state index contributed by atoms with van der Waals surface area (Å²) in [7, 11) is 8.01. The number of fused-ring (bicyclic) bond motifs is 1. The van der Waals surface area contributed by atoms with Gasteiger partial charge in [0.25, 0.3) is 0 Å². The number of carbonyl (C=O) groups is 1. The first-order valence-electron chi connectivity index (χ1n) is 12.4. The van der Waals surface area contributed by atoms with Gasteiger partial charge < -0.3 is 34.3 Å². The molecule has 2 N–H and O–H groups in total. The number of carbonyl (C=O) groups excluding carboxylic acids is 1. The second-order valence-corrected chi connectivity index (χ2v) is 9.23. The van der Waals surface area contributed by atoms with E-state index in [1.54, 1.807) is 41.6 Å². The average Bonchev–Trinajstić information content (AvgIpc) is 3.12. The molecule has 0 unspecified atom stereocenters. The summed E-state index contributed by atoms with van der Waals surface area (Å²) in [5.41, 5.74) is 5.16. The zero-order valence-corrected chi connectivity index (χ0v) is 22.2. The number of hydrogen-bond donors (Lipinski definition) is 2. The topological polar surface area (TPSA) is 87.3 Å². The smallest absolute Gasteiger partial charge is 0.164 e. The Bertz CT molecular complexity index is 1400. The Hall–Kier alpha value is -4.33. The first-order valence-corrected chi connectivity index (χ1v) is 12.4. The summed E-state index contributed by atoms with van der Waals surface area (Å²) in [6, 6.07) is 17.0. The SMILES string of the molecule is COc1ccc([C@@H]2CC(=O)C3=C(C2)Nc2ccccc2N[C@H]3c2cc(OC)c(OC)cc2OC)cc1OC. The zero-order valence-electron chi connectivity index (χ0n) is 22.2. The highest BCUT2D eigenvalue weighted by Crippen LogP contribution is 2.48. The Morgan fingerprint density at radius 3 is 2.00 bits per heavy atom. The fraction of sp³-hybridized carbons (Fsp3) is 0.300. The van der Waals surface area contributed by atoms with E-state index in [1.807, 2.05) is 48.5 Å². The van der Waals surface area contributed by atoms with E-state index >= 15 is 0 Å². The number of ketones is 1. The van der Waals surface area contributed by atoms with Crippen LogP contribution in [-0.4, -0.2) is 41.3 Å². The van der Waals surface area contributed by atoms with Gasteiger partial charge in [-0.05, 0) is 48.2 Å². The van der Waals surface area contributed by atoms with Crippen molar-refractivity contribution < 1.29 is 28.5 Å². The van der Waals surface area contributed by atoms with Gasteiger partial charge in [0.05, 0.1) is 53.0 Å². The summed E-state index contributed by atoms with van der Waals surface area (Å²) in [6.45, 7) is 0. The Balaban J connectivity index is 1.63. The molecular weight excluding hydrogens is 484 g/mol. The second-order valence-electron chi connectivity index (χ2n) is 9.23. The maximum atomic E-state index is 14.0. The van der Waals surface area contributed by atoms with E-state index in [9.17, 15) is 4.79 Å². The molecule has 0 aromatic heterocycles. The molecule has 0 saturated carbocycles. The van der Waals surface area contributed by atoms with Crippen molar-refractivity contribution in [3.05, 3.63) is 77.0 Å². The molecule has 3 aromatic carbocycles. The van der Waals surface area contributed by atoms with Crippen LogP contribution < -0.4 is 34.3 Å². The molecule has 0 saturated heterocycles. The molecular formula is C30H32N2O6. The number of para-hydroxylation sites is 2. The van der Waals surface area contributed by atoms with Crippen molar-refractivity contribution in [2.45, 2.75) is 24.8 Å². The van der Waals surface area contributed by atoms with E-state index in [2.05, 4.69) is 10.6 Å². The first-order chi connectivity index (χ1) is 18.5. The summed E-state index contributed by atoms with van der Waals surface area (Å²) in [4.78, 5) is 14.0. The number of nitrogens with one attached hydrogen (secondary N) is 2. The average molecular weight is 517 g/mol. The van der Waals surface area contributed by atoms with Crippen molar-refractivity contribution in [1.82, 2.24) is 0 Å². The molecule has 8 nitrogen and oxygen atoms in total. The first kappa shape index (κ1) is 25.3. The van der Waals surface area contributed by atoms with Gasteiger partial charge in [0.1, 0.15) is 5.75 Å². The lowest BCUT2D eigenvalue weighted by Gasteiger charge is -2.31. The number of Topliss-reactive ketones (excluding diaryl/α,β-unsaturated/α-hetero) is 1. The second kappa shape index (κ2) is 10.6. The van der Waals surface area contributed by atoms with E-state index in [4.69, 9.17) is 23.7 Å². The molecule has 2 aliphatic rings. The fourth-order valence-corrected chi connectivity index (χ4v) is 5.35. The minimum absolute atomic E-state index is 0.0215. The van der Waals surface area contributed by atoms with Gasteiger partial charge in [0.2, 0.25) is 0 Å². The van der Waals surface area contributed by atoms with Crippen LogP contribution in [0.2, 0.25) is 0 Å². The molecule has 0 amide bonds. The van der Waals surface area contributed by atoms with E-state index in [0.717, 1.165) is 28.2 Å². The number of ether oxygens (including phenoxy) is 5. The maximum Gasteiger partial charge on any atom is 0.164 e. The highest BCUT2D eigenvalue weighted by atomic mass is 16.5. The van der Waals surface area contributed by atoms with Crippen LogP contribution in [0.4, 0.5) is 11.4 Å². The van der Waals surface area contributed by atoms with Crippen molar-refractivity contribution in [1.29, 1.82) is 0 Å². The van der Waals surface area contributed by atoms with E-state index < -0.39 is 6.04 Å². The van der Waals surface area contributed by atoms with Gasteiger partial charge in [-0.1, -0.05) is 18.2 Å². The number of allylic oxidation sites excluding steroid dienone is 1. The Morgan fingerprint density at radius 1 is 0.684 bits per heavy atom. The van der Waals surface area contributed by atoms with Crippen LogP contribution in [0, 0.1) is 0 Å². The van der Waals surface area contributed by atoms with Crippen LogP contribution in [0.5, 0.6) is 28.7 Å². The Labute approximate surface area is 222 Å². The number of rotatable bonds is 7. The molecule has 1 aliphatic heterocycles. The minimum atomic E-state index is -0.463. The molecule has 3 aromatic rings. The summed E-state index contributed by atoms with van der Waals surface area (Å²) in [6.07, 6.45) is 1.01. The van der Waals surface area contributed by atoms with Gasteiger partial charge in [-0.2, -0.15) is 0 Å². The monoisotopic (exact) mass is 516 g/mol. The predicted octanol–water partition coefficient (Wildman–Crippen LogP) is 5.71. The summed E-state index contributed by atoms with van der Waals surface area (Å²) in [5.74, 6) is 3.05. The molecule has 2 atom stereocenters. The summed E-state index contributed by atoms with van der Waals surface area (Å²) in [5, 5.41) is 7.18. The largest absolute Gasteiger partial charge is 0.496 e. The van der Waals surface area contributed by atoms with E-state index in [0.29, 0.717) is 47.2 Å². The lowest BCUT2D eigenvalue weighted by molar-refractivity contribution is -0.116. The predicted molar refractivity (Wildman–Crippen MR) is 146 cm³/mol. The van der Waals surface area contributed by atoms with Crippen molar-refractivity contribution in [3.8, 4) is 28.7 Å². The summed E-state index contributed by atoms with van der Waals surface area (Å²) < 4.78 is 27.8. The quantitative estimate of drug-likeness (QED) is 0.413. The molecule has 0 radical (unpaired) electrons. The molecule has 0 spiro atoms. The fourth-order valence-electron chi connectivity index (χ4n) is 5.35. The minimum Gasteiger partial charge on any atom is -0.496 e. The van der Waals surface area contributed by atoms with Gasteiger partial charge >= 0.3 is 0 Å². The van der Waals surface area contributed by atoms with Crippen LogP contribution in [0.1, 0.15) is 35.9 Å². The van der Waals surface area contributed by atoms with Crippen LogP contribution in [0.3, 0.4) is 0 Å². The molecule has 198 valence electrons. The van der Waals surface area contributed by atoms with Crippen molar-refractivity contribution >= 4 is 17.2 Å². The van der Waals surface area contributed by atoms with E-state index in [1.165, 1.54) is 0 Å². The number of anilines is 2. The maximum absolute atomic E-state index is 14.0. The number of benzene rings is 3. The standard InChI is InChI=1S/C30H32N2O6/c1-34-24-11-10-17(14-26(24)36-3)18-12-22-29(23(33)13-18)30(32-21-9-7-6-8-20(21)31-22)19-15-27(37-4)28(38-5)16-25(19)35-2/h6-11,14-16,18,30-32H,12-13H2,1-5H3/t18-,30-/m0/s1. The molecule has 8 heteroatoms. The highest BCUT2D eigenvalue weighted by molar-refractivity contribution is 6.01. The lowest BCUT2D eigenvalue weighted by Crippen LogP contribution is -2.27. The molecule has 38 heavy (non-hydrogen) atoms. The van der Waals surface area contributed by atoms with Gasteiger partial charge in [0.15, 0.2) is 28.8 Å². The molecule has 0 bridgehead atoms. The van der Waals surface area contributed by atoms with Crippen molar-refractivity contribution in [3.63, 3.8) is 0 Å². The molecule has 5 rings (SSSR count). The van der Waals surface area contributed by atoms with Crippen molar-refractivity contribution in [2.24, 2.45) is 0 Å². The third-order valence-corrected chi connectivity index (χ3v) is 7.23. The number of methoxy groups -OCH3 is 5. The third-order valence-electron chi connectivity index (χ3n) is 7.23. The third kappa shape index (κ3) is 4.47. The Kier molecular flexibility index (Phi) is 7.05. The van der Waals surface area contributed by atoms with Crippen LogP contribution >= 0.6 is 0 Å². The normalized spacial score (nSPS) is 18.3. The highest BCUT2D eigenvalue weighted by Gasteiger charge is 2.37. The summed E-state index contributed by atoms with van der Waals surface area (Å²) >= 11 is 0. The van der Waals surface area contributed by atoms with Crippen LogP contribution in [0.15, 0.2) is 65.9 Å². The lowest BCUT2D eigenvalue weighted by atomic mass is 9.78. The van der Waals surface area contributed by atoms with Crippen LogP contribution in [-0.2, 0) is 4.79 Å². The molecule has 1 aliphatic carbocycles. The van der Waals surface area contributed by atoms with Gasteiger partial charge in [-0.15, -0.1) is 0 Å². The van der Waals surface area contributed by atoms with Crippen LogP contribution in [0.25, 0.3) is 0 Å². The molecule has 0 fully saturated rings.